The molecule has 0 aliphatic carbocycles. The maximum absolute atomic E-state index is 12.7. The molecule has 1 aromatic heterocycles. The number of nitrogens with zero attached hydrogens (tertiary/aromatic N) is 1. The summed E-state index contributed by atoms with van der Waals surface area (Å²) in [6, 6.07) is 17.3. The second-order valence-electron chi connectivity index (χ2n) is 6.64. The van der Waals surface area contributed by atoms with Crippen molar-refractivity contribution in [1.82, 2.24) is 9.88 Å². The van der Waals surface area contributed by atoms with Crippen LogP contribution < -0.4 is 5.32 Å². The SMILES string of the molecule is Cc1cc(C(=O)N[C@H](Cc2ccccc2)C(O)C(=O)O)ccc1-n1cccc1. The van der Waals surface area contributed by atoms with Gasteiger partial charge in [0.05, 0.1) is 6.04 Å². The van der Waals surface area contributed by atoms with Gasteiger partial charge in [-0.05, 0) is 54.8 Å². The number of aliphatic carboxylic acids is 1. The van der Waals surface area contributed by atoms with Crippen LogP contribution >= 0.6 is 0 Å². The minimum atomic E-state index is -1.70. The third kappa shape index (κ3) is 4.47. The molecular formula is C22H22N2O4. The van der Waals surface area contributed by atoms with Crippen LogP contribution in [0.25, 0.3) is 5.69 Å². The fourth-order valence-electron chi connectivity index (χ4n) is 3.11. The molecule has 1 heterocycles. The molecule has 3 rings (SSSR count). The van der Waals surface area contributed by atoms with Gasteiger partial charge < -0.3 is 20.1 Å². The Morgan fingerprint density at radius 2 is 1.71 bits per heavy atom. The number of aliphatic hydroxyl groups excluding tert-OH is 1. The van der Waals surface area contributed by atoms with Crippen LogP contribution in [0, 0.1) is 6.92 Å². The highest BCUT2D eigenvalue weighted by atomic mass is 16.4. The number of carboxylic acid groups (broad SMARTS) is 1. The Kier molecular flexibility index (Phi) is 5.91. The Labute approximate surface area is 163 Å². The number of aliphatic hydroxyl groups is 1. The van der Waals surface area contributed by atoms with Crippen molar-refractivity contribution in [3.05, 3.63) is 89.7 Å². The van der Waals surface area contributed by atoms with Gasteiger partial charge in [-0.2, -0.15) is 0 Å². The second-order valence-corrected chi connectivity index (χ2v) is 6.64. The number of benzene rings is 2. The molecule has 1 amide bonds. The van der Waals surface area contributed by atoms with Crippen LogP contribution in [0.5, 0.6) is 0 Å². The third-order valence-corrected chi connectivity index (χ3v) is 4.59. The highest BCUT2D eigenvalue weighted by molar-refractivity contribution is 5.95. The first-order chi connectivity index (χ1) is 13.5. The van der Waals surface area contributed by atoms with E-state index in [1.54, 1.807) is 12.1 Å². The summed E-state index contributed by atoms with van der Waals surface area (Å²) in [5, 5.41) is 21.9. The molecule has 2 aromatic carbocycles. The van der Waals surface area contributed by atoms with E-state index in [1.807, 2.05) is 72.4 Å². The van der Waals surface area contributed by atoms with Crippen molar-refractivity contribution in [3.8, 4) is 5.69 Å². The molecule has 0 bridgehead atoms. The second kappa shape index (κ2) is 8.54. The smallest absolute Gasteiger partial charge is 0.334 e. The van der Waals surface area contributed by atoms with Crippen molar-refractivity contribution in [1.29, 1.82) is 0 Å². The van der Waals surface area contributed by atoms with Gasteiger partial charge >= 0.3 is 5.97 Å². The van der Waals surface area contributed by atoms with Crippen molar-refractivity contribution >= 4 is 11.9 Å². The van der Waals surface area contributed by atoms with Crippen LogP contribution in [0.15, 0.2) is 73.1 Å². The number of nitrogens with one attached hydrogen (secondary N) is 1. The summed E-state index contributed by atoms with van der Waals surface area (Å²) < 4.78 is 1.95. The fraction of sp³-hybridized carbons (Fsp3) is 0.182. The minimum Gasteiger partial charge on any atom is -0.479 e. The molecule has 0 radical (unpaired) electrons. The zero-order valence-corrected chi connectivity index (χ0v) is 15.4. The van der Waals surface area contributed by atoms with Gasteiger partial charge in [0.25, 0.3) is 5.91 Å². The van der Waals surface area contributed by atoms with E-state index in [1.165, 1.54) is 0 Å². The zero-order chi connectivity index (χ0) is 20.1. The first kappa shape index (κ1) is 19.4. The van der Waals surface area contributed by atoms with E-state index in [0.29, 0.717) is 5.56 Å². The molecule has 3 aromatic rings. The lowest BCUT2D eigenvalue weighted by atomic mass is 10.0. The van der Waals surface area contributed by atoms with Gasteiger partial charge in [0.2, 0.25) is 0 Å². The monoisotopic (exact) mass is 378 g/mol. The molecule has 0 saturated heterocycles. The Balaban J connectivity index is 1.79. The number of carboxylic acids is 1. The van der Waals surface area contributed by atoms with Crippen molar-refractivity contribution < 1.29 is 19.8 Å². The maximum Gasteiger partial charge on any atom is 0.334 e. The normalized spacial score (nSPS) is 12.9. The van der Waals surface area contributed by atoms with Gasteiger partial charge in [-0.15, -0.1) is 0 Å². The molecular weight excluding hydrogens is 356 g/mol. The number of amides is 1. The number of aromatic nitrogens is 1. The maximum atomic E-state index is 12.7. The number of carbonyl (C=O) groups excluding carboxylic acids is 1. The molecule has 2 atom stereocenters. The summed E-state index contributed by atoms with van der Waals surface area (Å²) in [5.74, 6) is -1.80. The highest BCUT2D eigenvalue weighted by Gasteiger charge is 2.28. The van der Waals surface area contributed by atoms with E-state index in [2.05, 4.69) is 5.32 Å². The summed E-state index contributed by atoms with van der Waals surface area (Å²) in [6.07, 6.45) is 2.34. The summed E-state index contributed by atoms with van der Waals surface area (Å²) in [6.45, 7) is 1.90. The Morgan fingerprint density at radius 3 is 2.32 bits per heavy atom. The lowest BCUT2D eigenvalue weighted by molar-refractivity contribution is -0.148. The molecule has 0 spiro atoms. The van der Waals surface area contributed by atoms with Gasteiger partial charge in [-0.3, -0.25) is 4.79 Å². The largest absolute Gasteiger partial charge is 0.479 e. The Hall–Kier alpha value is -3.38. The van der Waals surface area contributed by atoms with Gasteiger partial charge in [0, 0.05) is 23.6 Å². The molecule has 6 nitrogen and oxygen atoms in total. The van der Waals surface area contributed by atoms with Crippen LogP contribution in [0.4, 0.5) is 0 Å². The van der Waals surface area contributed by atoms with Gasteiger partial charge in [0.15, 0.2) is 6.10 Å². The van der Waals surface area contributed by atoms with Crippen LogP contribution in [-0.2, 0) is 11.2 Å². The first-order valence-corrected chi connectivity index (χ1v) is 8.95. The van der Waals surface area contributed by atoms with E-state index in [9.17, 15) is 19.8 Å². The number of hydrogen-bond acceptors (Lipinski definition) is 3. The quantitative estimate of drug-likeness (QED) is 0.589. The molecule has 0 saturated carbocycles. The summed E-state index contributed by atoms with van der Waals surface area (Å²) in [4.78, 5) is 24.0. The van der Waals surface area contributed by atoms with E-state index in [-0.39, 0.29) is 6.42 Å². The summed E-state index contributed by atoms with van der Waals surface area (Å²) in [7, 11) is 0. The number of rotatable bonds is 7. The predicted octanol–water partition coefficient (Wildman–Crippen LogP) is 2.57. The van der Waals surface area contributed by atoms with Crippen molar-refractivity contribution in [2.45, 2.75) is 25.5 Å². The van der Waals surface area contributed by atoms with Gasteiger partial charge in [0.1, 0.15) is 0 Å². The molecule has 6 heteroatoms. The first-order valence-electron chi connectivity index (χ1n) is 8.95. The molecule has 0 fully saturated rings. The topological polar surface area (TPSA) is 91.6 Å². The van der Waals surface area contributed by atoms with E-state index >= 15 is 0 Å². The van der Waals surface area contributed by atoms with E-state index in [0.717, 1.165) is 16.8 Å². The van der Waals surface area contributed by atoms with Crippen LogP contribution in [-0.4, -0.2) is 38.8 Å². The molecule has 144 valence electrons. The number of hydrogen-bond donors (Lipinski definition) is 3. The molecule has 1 unspecified atom stereocenters. The predicted molar refractivity (Wildman–Crippen MR) is 106 cm³/mol. The molecule has 3 N–H and O–H groups in total. The van der Waals surface area contributed by atoms with Gasteiger partial charge in [-0.1, -0.05) is 30.3 Å². The third-order valence-electron chi connectivity index (χ3n) is 4.59. The minimum absolute atomic E-state index is 0.209. The highest BCUT2D eigenvalue weighted by Crippen LogP contribution is 2.17. The average molecular weight is 378 g/mol. The van der Waals surface area contributed by atoms with Crippen LogP contribution in [0.1, 0.15) is 21.5 Å². The van der Waals surface area contributed by atoms with Crippen LogP contribution in [0.3, 0.4) is 0 Å². The number of aryl methyl sites for hydroxylation is 1. The lowest BCUT2D eigenvalue weighted by Gasteiger charge is -2.22. The fourth-order valence-corrected chi connectivity index (χ4v) is 3.11. The average Bonchev–Trinajstić information content (AvgIpc) is 3.22. The van der Waals surface area contributed by atoms with E-state index in [4.69, 9.17) is 0 Å². The number of carbonyl (C=O) groups is 2. The van der Waals surface area contributed by atoms with Crippen molar-refractivity contribution in [2.75, 3.05) is 0 Å². The molecule has 28 heavy (non-hydrogen) atoms. The van der Waals surface area contributed by atoms with Crippen molar-refractivity contribution in [2.24, 2.45) is 0 Å². The Bertz CT molecular complexity index is 952. The van der Waals surface area contributed by atoms with Gasteiger partial charge in [-0.25, -0.2) is 4.79 Å². The van der Waals surface area contributed by atoms with E-state index < -0.39 is 24.0 Å². The lowest BCUT2D eigenvalue weighted by Crippen LogP contribution is -2.48. The summed E-state index contributed by atoms with van der Waals surface area (Å²) in [5.41, 5.74) is 3.09. The molecule has 0 aliphatic heterocycles. The Morgan fingerprint density at radius 1 is 1.04 bits per heavy atom. The summed E-state index contributed by atoms with van der Waals surface area (Å²) >= 11 is 0. The van der Waals surface area contributed by atoms with Crippen LogP contribution in [0.2, 0.25) is 0 Å². The van der Waals surface area contributed by atoms with Crippen molar-refractivity contribution in [3.63, 3.8) is 0 Å². The standard InChI is InChI=1S/C22H22N2O4/c1-15-13-17(9-10-19(15)24-11-5-6-12-24)21(26)23-18(20(25)22(27)28)14-16-7-3-2-4-8-16/h2-13,18,20,25H,14H2,1H3,(H,23,26)(H,27,28)/t18-,20?/m1/s1. The molecule has 0 aliphatic rings. The zero-order valence-electron chi connectivity index (χ0n) is 15.4.